The molecule has 0 spiro atoms. The van der Waals surface area contributed by atoms with Gasteiger partial charge in [-0.25, -0.2) is 5.21 Å². The van der Waals surface area contributed by atoms with Gasteiger partial charge in [0.05, 0.1) is 0 Å². The van der Waals surface area contributed by atoms with Crippen LogP contribution >= 0.6 is 0 Å². The molecule has 1 aromatic rings. The van der Waals surface area contributed by atoms with E-state index >= 15 is 0 Å². The summed E-state index contributed by atoms with van der Waals surface area (Å²) in [7, 11) is 0. The molecule has 0 unspecified atom stereocenters. The van der Waals surface area contributed by atoms with Gasteiger partial charge in [-0.3, -0.25) is 0 Å². The van der Waals surface area contributed by atoms with Crippen LogP contribution in [0.3, 0.4) is 0 Å². The first-order chi connectivity index (χ1) is 5.24. The lowest BCUT2D eigenvalue weighted by Gasteiger charge is -2.03. The van der Waals surface area contributed by atoms with Gasteiger partial charge < -0.3 is 0 Å². The second-order valence-corrected chi connectivity index (χ2v) is 2.95. The zero-order valence-corrected chi connectivity index (χ0v) is 6.91. The van der Waals surface area contributed by atoms with Crippen molar-refractivity contribution < 1.29 is 10.7 Å². The highest BCUT2D eigenvalue weighted by atomic mass is 16.5. The van der Waals surface area contributed by atoms with Gasteiger partial charge in [0.15, 0.2) is 5.69 Å². The van der Waals surface area contributed by atoms with Gasteiger partial charge in [0.1, 0.15) is 0 Å². The van der Waals surface area contributed by atoms with Gasteiger partial charge in [-0.05, 0) is 11.5 Å². The van der Waals surface area contributed by atoms with Gasteiger partial charge in [-0.15, -0.1) is 0 Å². The maximum Gasteiger partial charge on any atom is 0.162 e. The predicted octanol–water partition coefficient (Wildman–Crippen LogP) is 1.39. The summed E-state index contributed by atoms with van der Waals surface area (Å²) in [4.78, 5) is 0. The van der Waals surface area contributed by atoms with Gasteiger partial charge in [0.2, 0.25) is 0 Å². The van der Waals surface area contributed by atoms with Crippen molar-refractivity contribution in [1.82, 2.24) is 0 Å². The molecule has 0 bridgehead atoms. The summed E-state index contributed by atoms with van der Waals surface area (Å²) in [6, 6.07) is 7.89. The van der Waals surface area contributed by atoms with E-state index in [2.05, 4.69) is 19.9 Å². The van der Waals surface area contributed by atoms with E-state index in [-0.39, 0.29) is 0 Å². The SMILES string of the molecule is CC(C)c1cccc([NH2+]O)c1. The van der Waals surface area contributed by atoms with E-state index in [1.54, 1.807) is 0 Å². The van der Waals surface area contributed by atoms with Crippen molar-refractivity contribution in [2.24, 2.45) is 0 Å². The third-order valence-corrected chi connectivity index (χ3v) is 1.73. The molecule has 0 saturated heterocycles. The van der Waals surface area contributed by atoms with E-state index in [9.17, 15) is 0 Å². The quantitative estimate of drug-likeness (QED) is 0.487. The van der Waals surface area contributed by atoms with Crippen LogP contribution in [-0.4, -0.2) is 5.21 Å². The van der Waals surface area contributed by atoms with Crippen LogP contribution in [0.2, 0.25) is 0 Å². The summed E-state index contributed by atoms with van der Waals surface area (Å²) in [5.41, 5.74) is 3.26. The summed E-state index contributed by atoms with van der Waals surface area (Å²) in [6.07, 6.45) is 0. The van der Waals surface area contributed by atoms with Gasteiger partial charge in [-0.2, -0.15) is 5.48 Å². The Morgan fingerprint density at radius 3 is 2.64 bits per heavy atom. The number of nitrogens with two attached hydrogens (primary N) is 1. The van der Waals surface area contributed by atoms with E-state index in [0.717, 1.165) is 11.2 Å². The largest absolute Gasteiger partial charge is 0.215 e. The van der Waals surface area contributed by atoms with Crippen LogP contribution in [0.15, 0.2) is 24.3 Å². The van der Waals surface area contributed by atoms with E-state index in [0.29, 0.717) is 5.92 Å². The molecule has 11 heavy (non-hydrogen) atoms. The minimum atomic E-state index is 0.523. The standard InChI is InChI=1S/C9H13NO/c1-7(2)8-4-3-5-9(6-8)10-11/h3-7,10-11H,1-2H3/p+1. The number of hydrogen-bond acceptors (Lipinski definition) is 1. The van der Waals surface area contributed by atoms with Crippen LogP contribution in [0.1, 0.15) is 25.3 Å². The zero-order chi connectivity index (χ0) is 8.27. The Morgan fingerprint density at radius 2 is 2.09 bits per heavy atom. The van der Waals surface area contributed by atoms with Crippen LogP contribution in [0, 0.1) is 0 Å². The average Bonchev–Trinajstić information content (AvgIpc) is 2.05. The summed E-state index contributed by atoms with van der Waals surface area (Å²) in [6.45, 7) is 4.27. The Balaban J connectivity index is 2.91. The third-order valence-electron chi connectivity index (χ3n) is 1.73. The van der Waals surface area contributed by atoms with Crippen LogP contribution in [0.5, 0.6) is 0 Å². The molecule has 0 aliphatic heterocycles. The van der Waals surface area contributed by atoms with E-state index in [1.807, 2.05) is 18.2 Å². The molecule has 0 aromatic heterocycles. The lowest BCUT2D eigenvalue weighted by atomic mass is 10.0. The fraction of sp³-hybridized carbons (Fsp3) is 0.333. The van der Waals surface area contributed by atoms with E-state index in [4.69, 9.17) is 5.21 Å². The lowest BCUT2D eigenvalue weighted by Crippen LogP contribution is -2.73. The van der Waals surface area contributed by atoms with Crippen molar-refractivity contribution in [1.29, 1.82) is 0 Å². The molecule has 2 heteroatoms. The summed E-state index contributed by atoms with van der Waals surface area (Å²) in [5.74, 6) is 0.523. The molecule has 0 atom stereocenters. The first-order valence-electron chi connectivity index (χ1n) is 3.81. The van der Waals surface area contributed by atoms with Gasteiger partial charge in [0, 0.05) is 12.1 Å². The first-order valence-corrected chi connectivity index (χ1v) is 3.81. The molecule has 0 amide bonds. The van der Waals surface area contributed by atoms with Crippen molar-refractivity contribution in [3.05, 3.63) is 29.8 Å². The van der Waals surface area contributed by atoms with Crippen LogP contribution in [-0.2, 0) is 0 Å². The Morgan fingerprint density at radius 1 is 1.36 bits per heavy atom. The Labute approximate surface area is 66.8 Å². The molecule has 60 valence electrons. The number of hydrogen-bond donors (Lipinski definition) is 2. The molecule has 0 aliphatic carbocycles. The normalized spacial score (nSPS) is 10.5. The van der Waals surface area contributed by atoms with Crippen molar-refractivity contribution in [3.63, 3.8) is 0 Å². The van der Waals surface area contributed by atoms with Gasteiger partial charge >= 0.3 is 0 Å². The maximum atomic E-state index is 8.72. The average molecular weight is 152 g/mol. The third kappa shape index (κ3) is 2.03. The topological polar surface area (TPSA) is 36.8 Å². The minimum Gasteiger partial charge on any atom is -0.215 e. The molecule has 3 N–H and O–H groups in total. The second-order valence-electron chi connectivity index (χ2n) is 2.95. The van der Waals surface area contributed by atoms with Crippen molar-refractivity contribution in [2.75, 3.05) is 0 Å². The first kappa shape index (κ1) is 8.24. The molecule has 0 fully saturated rings. The fourth-order valence-electron chi connectivity index (χ4n) is 0.998. The van der Waals surface area contributed by atoms with Crippen molar-refractivity contribution >= 4 is 5.69 Å². The smallest absolute Gasteiger partial charge is 0.162 e. The number of benzene rings is 1. The van der Waals surface area contributed by atoms with Crippen LogP contribution in [0.4, 0.5) is 5.69 Å². The molecular weight excluding hydrogens is 138 g/mol. The second kappa shape index (κ2) is 3.51. The highest BCUT2D eigenvalue weighted by Gasteiger charge is 2.00. The summed E-state index contributed by atoms with van der Waals surface area (Å²) < 4.78 is 0. The lowest BCUT2D eigenvalue weighted by molar-refractivity contribution is -0.825. The highest BCUT2D eigenvalue weighted by Crippen LogP contribution is 2.15. The van der Waals surface area contributed by atoms with Crippen LogP contribution < -0.4 is 5.48 Å². The van der Waals surface area contributed by atoms with Gasteiger partial charge in [0.25, 0.3) is 0 Å². The van der Waals surface area contributed by atoms with Crippen molar-refractivity contribution in [3.8, 4) is 0 Å². The van der Waals surface area contributed by atoms with E-state index in [1.165, 1.54) is 5.56 Å². The number of rotatable bonds is 2. The molecule has 1 rings (SSSR count). The van der Waals surface area contributed by atoms with Crippen molar-refractivity contribution in [2.45, 2.75) is 19.8 Å². The Bertz CT molecular complexity index is 233. The number of quaternary nitrogens is 1. The highest BCUT2D eigenvalue weighted by molar-refractivity contribution is 5.34. The Hall–Kier alpha value is -0.860. The fourth-order valence-corrected chi connectivity index (χ4v) is 0.998. The van der Waals surface area contributed by atoms with Crippen LogP contribution in [0.25, 0.3) is 0 Å². The molecule has 2 nitrogen and oxygen atoms in total. The molecule has 0 saturated carbocycles. The molecule has 0 heterocycles. The zero-order valence-electron chi connectivity index (χ0n) is 6.91. The summed E-state index contributed by atoms with van der Waals surface area (Å²) in [5, 5.41) is 8.72. The molecule has 0 radical (unpaired) electrons. The predicted molar refractivity (Wildman–Crippen MR) is 43.9 cm³/mol. The molecule has 1 aromatic carbocycles. The monoisotopic (exact) mass is 152 g/mol. The minimum absolute atomic E-state index is 0.523. The van der Waals surface area contributed by atoms with Gasteiger partial charge in [-0.1, -0.05) is 26.0 Å². The maximum absolute atomic E-state index is 8.72. The Kier molecular flexibility index (Phi) is 2.63. The molecular formula is C9H14NO+. The summed E-state index contributed by atoms with van der Waals surface area (Å²) >= 11 is 0. The molecule has 0 aliphatic rings. The van der Waals surface area contributed by atoms with E-state index < -0.39 is 0 Å².